The summed E-state index contributed by atoms with van der Waals surface area (Å²) in [7, 11) is 3.74. The first-order valence-electron chi connectivity index (χ1n) is 6.37. The molecule has 3 N–H and O–H groups in total. The molecule has 0 aliphatic carbocycles. The smallest absolute Gasteiger partial charge is 0.191 e. The Bertz CT molecular complexity index is 652. The molecule has 0 saturated heterocycles. The molecule has 0 bridgehead atoms. The van der Waals surface area contributed by atoms with E-state index in [0.29, 0.717) is 5.82 Å². The van der Waals surface area contributed by atoms with Crippen LogP contribution in [0, 0.1) is 5.41 Å². The van der Waals surface area contributed by atoms with Crippen LogP contribution in [0.1, 0.15) is 5.56 Å². The summed E-state index contributed by atoms with van der Waals surface area (Å²) in [5.41, 5.74) is 0.935. The molecule has 2 aromatic rings. The van der Waals surface area contributed by atoms with Crippen LogP contribution in [0.25, 0.3) is 0 Å². The van der Waals surface area contributed by atoms with Crippen molar-refractivity contribution >= 4 is 17.3 Å². The zero-order valence-corrected chi connectivity index (χ0v) is 11.9. The van der Waals surface area contributed by atoms with Gasteiger partial charge in [0.15, 0.2) is 5.88 Å². The molecule has 6 heteroatoms. The van der Waals surface area contributed by atoms with E-state index in [0.717, 1.165) is 11.4 Å². The van der Waals surface area contributed by atoms with Gasteiger partial charge < -0.3 is 20.7 Å². The van der Waals surface area contributed by atoms with Gasteiger partial charge in [0, 0.05) is 26.2 Å². The Morgan fingerprint density at radius 3 is 2.62 bits per heavy atom. The maximum Gasteiger partial charge on any atom is 0.191 e. The molecule has 0 amide bonds. The number of nitrogens with zero attached hydrogens (tertiary/aromatic N) is 3. The fourth-order valence-electron chi connectivity index (χ4n) is 1.67. The van der Waals surface area contributed by atoms with Crippen LogP contribution in [0.2, 0.25) is 0 Å². The lowest BCUT2D eigenvalue weighted by atomic mass is 10.1. The average Bonchev–Trinajstić information content (AvgIpc) is 2.48. The van der Waals surface area contributed by atoms with Gasteiger partial charge in [0.1, 0.15) is 18.0 Å². The number of hydrogen-bond donors (Lipinski definition) is 3. The third-order valence-electron chi connectivity index (χ3n) is 2.73. The van der Waals surface area contributed by atoms with Crippen LogP contribution in [0.3, 0.4) is 0 Å². The quantitative estimate of drug-likeness (QED) is 0.579. The third kappa shape index (κ3) is 4.04. The van der Waals surface area contributed by atoms with Gasteiger partial charge in [-0.2, -0.15) is 0 Å². The van der Waals surface area contributed by atoms with Crippen molar-refractivity contribution in [1.82, 2.24) is 9.97 Å². The fourth-order valence-corrected chi connectivity index (χ4v) is 1.67. The number of aliphatic hydroxyl groups is 1. The van der Waals surface area contributed by atoms with Gasteiger partial charge in [-0.15, -0.1) is 0 Å². The first-order valence-corrected chi connectivity index (χ1v) is 6.37. The highest BCUT2D eigenvalue weighted by molar-refractivity contribution is 6.06. The average molecular weight is 283 g/mol. The Morgan fingerprint density at radius 2 is 1.95 bits per heavy atom. The molecular weight excluding hydrogens is 266 g/mol. The summed E-state index contributed by atoms with van der Waals surface area (Å²) in [5, 5.41) is 20.6. The van der Waals surface area contributed by atoms with E-state index in [-0.39, 0.29) is 11.6 Å². The van der Waals surface area contributed by atoms with Crippen molar-refractivity contribution in [3.63, 3.8) is 0 Å². The lowest BCUT2D eigenvalue weighted by Crippen LogP contribution is -2.12. The molecule has 0 atom stereocenters. The van der Waals surface area contributed by atoms with Crippen molar-refractivity contribution in [3.05, 3.63) is 60.2 Å². The molecule has 0 radical (unpaired) electrons. The molecule has 1 aromatic heterocycles. The number of benzene rings is 1. The summed E-state index contributed by atoms with van der Waals surface area (Å²) < 4.78 is 0. The van der Waals surface area contributed by atoms with Crippen LogP contribution in [0.4, 0.5) is 11.6 Å². The van der Waals surface area contributed by atoms with E-state index in [9.17, 15) is 5.11 Å². The molecule has 0 aliphatic heterocycles. The van der Waals surface area contributed by atoms with Crippen molar-refractivity contribution in [2.45, 2.75) is 0 Å². The minimum Gasteiger partial charge on any atom is -0.494 e. The lowest BCUT2D eigenvalue weighted by molar-refractivity contribution is 0.420. The van der Waals surface area contributed by atoms with Crippen LogP contribution in [0.5, 0.6) is 0 Å². The summed E-state index contributed by atoms with van der Waals surface area (Å²) >= 11 is 0. The minimum absolute atomic E-state index is 0.146. The van der Waals surface area contributed by atoms with E-state index in [4.69, 9.17) is 5.41 Å². The number of anilines is 2. The second kappa shape index (κ2) is 6.51. The summed E-state index contributed by atoms with van der Waals surface area (Å²) in [6.45, 7) is 0. The van der Waals surface area contributed by atoms with Gasteiger partial charge in [-0.3, -0.25) is 0 Å². The van der Waals surface area contributed by atoms with Crippen molar-refractivity contribution in [1.29, 1.82) is 5.41 Å². The number of hydrogen-bond acceptors (Lipinski definition) is 6. The van der Waals surface area contributed by atoms with Gasteiger partial charge in [-0.1, -0.05) is 30.3 Å². The standard InChI is InChI=1S/C15H17N5O/c1-20(2)14-9-13(17-10-18-14)19-15(21)8-12(16)11-6-4-3-5-7-11/h3-10,16,21H,1-2H3,(H,17,18,19)/b15-8+,16-12?. The number of allylic oxidation sites excluding steroid dienone is 1. The van der Waals surface area contributed by atoms with Gasteiger partial charge in [0.2, 0.25) is 0 Å². The van der Waals surface area contributed by atoms with Gasteiger partial charge in [0.05, 0.1) is 5.71 Å². The van der Waals surface area contributed by atoms with E-state index in [1.807, 2.05) is 37.2 Å². The van der Waals surface area contributed by atoms with Gasteiger partial charge in [0.25, 0.3) is 0 Å². The number of aromatic nitrogens is 2. The molecule has 0 fully saturated rings. The third-order valence-corrected chi connectivity index (χ3v) is 2.73. The highest BCUT2D eigenvalue weighted by atomic mass is 16.3. The minimum atomic E-state index is -0.146. The van der Waals surface area contributed by atoms with Crippen LogP contribution in [0.15, 0.2) is 54.7 Å². The molecule has 108 valence electrons. The van der Waals surface area contributed by atoms with Gasteiger partial charge in [-0.05, 0) is 5.56 Å². The maximum absolute atomic E-state index is 9.90. The molecule has 1 heterocycles. The molecule has 0 unspecified atom stereocenters. The van der Waals surface area contributed by atoms with Crippen LogP contribution >= 0.6 is 0 Å². The normalized spacial score (nSPS) is 11.0. The molecule has 2 rings (SSSR count). The molecule has 0 spiro atoms. The second-order valence-corrected chi connectivity index (χ2v) is 4.59. The Balaban J connectivity index is 2.10. The van der Waals surface area contributed by atoms with Crippen LogP contribution < -0.4 is 10.2 Å². The predicted octanol–water partition coefficient (Wildman–Crippen LogP) is 2.42. The highest BCUT2D eigenvalue weighted by Gasteiger charge is 2.04. The van der Waals surface area contributed by atoms with Crippen molar-refractivity contribution in [2.24, 2.45) is 0 Å². The lowest BCUT2D eigenvalue weighted by Gasteiger charge is -2.12. The first kappa shape index (κ1) is 14.5. The number of aliphatic hydroxyl groups excluding tert-OH is 1. The first-order chi connectivity index (χ1) is 10.1. The van der Waals surface area contributed by atoms with Crippen molar-refractivity contribution < 1.29 is 5.11 Å². The maximum atomic E-state index is 9.90. The Labute approximate surface area is 123 Å². The van der Waals surface area contributed by atoms with Gasteiger partial charge >= 0.3 is 0 Å². The summed E-state index contributed by atoms with van der Waals surface area (Å²) in [6, 6.07) is 10.9. The van der Waals surface area contributed by atoms with E-state index >= 15 is 0 Å². The molecule has 6 nitrogen and oxygen atoms in total. The van der Waals surface area contributed by atoms with Crippen molar-refractivity contribution in [2.75, 3.05) is 24.3 Å². The summed E-state index contributed by atoms with van der Waals surface area (Å²) in [5.74, 6) is 1.04. The fraction of sp³-hybridized carbons (Fsp3) is 0.133. The topological polar surface area (TPSA) is 85.1 Å². The van der Waals surface area contributed by atoms with E-state index in [1.54, 1.807) is 18.2 Å². The highest BCUT2D eigenvalue weighted by Crippen LogP contribution is 2.12. The Morgan fingerprint density at radius 1 is 1.24 bits per heavy atom. The van der Waals surface area contributed by atoms with Gasteiger partial charge in [-0.25, -0.2) is 9.97 Å². The Hall–Kier alpha value is -2.89. The van der Waals surface area contributed by atoms with E-state index < -0.39 is 0 Å². The molecule has 0 aliphatic rings. The zero-order valence-electron chi connectivity index (χ0n) is 11.9. The molecule has 21 heavy (non-hydrogen) atoms. The summed E-state index contributed by atoms with van der Waals surface area (Å²) in [4.78, 5) is 9.94. The largest absolute Gasteiger partial charge is 0.494 e. The second-order valence-electron chi connectivity index (χ2n) is 4.59. The SMILES string of the molecule is CN(C)c1cc(N/C(O)=C\C(=N)c2ccccc2)ncn1. The van der Waals surface area contributed by atoms with E-state index in [1.165, 1.54) is 12.4 Å². The molecule has 1 aromatic carbocycles. The van der Waals surface area contributed by atoms with Crippen LogP contribution in [-0.4, -0.2) is 34.9 Å². The number of nitrogens with one attached hydrogen (secondary N) is 2. The van der Waals surface area contributed by atoms with Crippen LogP contribution in [-0.2, 0) is 0 Å². The van der Waals surface area contributed by atoms with E-state index in [2.05, 4.69) is 15.3 Å². The molecule has 0 saturated carbocycles. The number of rotatable bonds is 5. The van der Waals surface area contributed by atoms with Crippen molar-refractivity contribution in [3.8, 4) is 0 Å². The molecular formula is C15H17N5O. The monoisotopic (exact) mass is 283 g/mol. The predicted molar refractivity (Wildman–Crippen MR) is 84.0 cm³/mol. The zero-order chi connectivity index (χ0) is 15.2. The Kier molecular flexibility index (Phi) is 4.50. The summed E-state index contributed by atoms with van der Waals surface area (Å²) in [6.07, 6.45) is 2.75.